The zero-order valence-electron chi connectivity index (χ0n) is 18.1. The molecule has 1 aromatic carbocycles. The summed E-state index contributed by atoms with van der Waals surface area (Å²) in [5.41, 5.74) is 3.49. The lowest BCUT2D eigenvalue weighted by molar-refractivity contribution is 0.00747. The minimum absolute atomic E-state index is 0.199. The van der Waals surface area contributed by atoms with E-state index in [2.05, 4.69) is 53.7 Å². The van der Waals surface area contributed by atoms with Gasteiger partial charge in [0.05, 0.1) is 0 Å². The molecule has 2 aliphatic rings. The van der Waals surface area contributed by atoms with Gasteiger partial charge in [0.15, 0.2) is 0 Å². The van der Waals surface area contributed by atoms with Gasteiger partial charge in [-0.25, -0.2) is 0 Å². The largest absolute Gasteiger partial charge is 0.508 e. The monoisotopic (exact) mass is 370 g/mol. The van der Waals surface area contributed by atoms with Crippen LogP contribution in [0, 0.1) is 11.8 Å². The smallest absolute Gasteiger partial charge is 0.127 e. The summed E-state index contributed by atoms with van der Waals surface area (Å²) in [5, 5.41) is 11.0. The summed E-state index contributed by atoms with van der Waals surface area (Å²) in [6, 6.07) is 4.24. The van der Waals surface area contributed by atoms with E-state index in [1.54, 1.807) is 0 Å². The Balaban J connectivity index is 1.91. The minimum atomic E-state index is -0.199. The molecule has 1 N–H and O–H groups in total. The standard InChI is InChI=1S/C25H38O2/c1-7-8-9-10-17(3)18(4)19-14-22(26)24-20-13-16(2)11-12-21(20)25(5,6)27-23(24)15-19/h11,14-15,17-18,20-21,26H,7-10,12-13H2,1-6H3/t17-,18+,20+,21+/m0/s1. The number of allylic oxidation sites excluding steroid dienone is 2. The number of hydrogen-bond acceptors (Lipinski definition) is 2. The van der Waals surface area contributed by atoms with Gasteiger partial charge in [0.25, 0.3) is 0 Å². The molecule has 0 bridgehead atoms. The molecule has 2 nitrogen and oxygen atoms in total. The van der Waals surface area contributed by atoms with Crippen LogP contribution in [-0.4, -0.2) is 10.7 Å². The number of phenols is 1. The molecule has 1 aliphatic heterocycles. The Morgan fingerprint density at radius 2 is 1.96 bits per heavy atom. The molecule has 2 heteroatoms. The molecule has 27 heavy (non-hydrogen) atoms. The fourth-order valence-corrected chi connectivity index (χ4v) is 5.14. The van der Waals surface area contributed by atoms with Crippen LogP contribution in [-0.2, 0) is 0 Å². The van der Waals surface area contributed by atoms with E-state index < -0.39 is 0 Å². The predicted octanol–water partition coefficient (Wildman–Crippen LogP) is 7.32. The average Bonchev–Trinajstić information content (AvgIpc) is 2.59. The van der Waals surface area contributed by atoms with E-state index in [-0.39, 0.29) is 5.60 Å². The molecule has 150 valence electrons. The molecule has 0 aromatic heterocycles. The zero-order valence-corrected chi connectivity index (χ0v) is 18.1. The van der Waals surface area contributed by atoms with Crippen molar-refractivity contribution in [3.8, 4) is 11.5 Å². The first-order chi connectivity index (χ1) is 12.7. The third-order valence-corrected chi connectivity index (χ3v) is 7.17. The van der Waals surface area contributed by atoms with Gasteiger partial charge in [0.1, 0.15) is 17.1 Å². The lowest BCUT2D eigenvalue weighted by Crippen LogP contribution is -2.45. The van der Waals surface area contributed by atoms with Crippen LogP contribution in [0.4, 0.5) is 0 Å². The second kappa shape index (κ2) is 7.89. The molecule has 1 aromatic rings. The highest BCUT2D eigenvalue weighted by Crippen LogP contribution is 2.54. The maximum absolute atomic E-state index is 11.0. The van der Waals surface area contributed by atoms with Crippen LogP contribution < -0.4 is 4.74 Å². The van der Waals surface area contributed by atoms with E-state index in [0.717, 1.165) is 24.2 Å². The number of aromatic hydroxyl groups is 1. The Morgan fingerprint density at radius 1 is 1.22 bits per heavy atom. The van der Waals surface area contributed by atoms with Crippen LogP contribution in [0.25, 0.3) is 0 Å². The van der Waals surface area contributed by atoms with Gasteiger partial charge in [0, 0.05) is 17.4 Å². The summed E-state index contributed by atoms with van der Waals surface area (Å²) >= 11 is 0. The second-order valence-electron chi connectivity index (χ2n) is 9.62. The Morgan fingerprint density at radius 3 is 2.67 bits per heavy atom. The van der Waals surface area contributed by atoms with Crippen LogP contribution in [0.5, 0.6) is 11.5 Å². The van der Waals surface area contributed by atoms with Crippen molar-refractivity contribution in [1.82, 2.24) is 0 Å². The highest BCUT2D eigenvalue weighted by atomic mass is 16.5. The Kier molecular flexibility index (Phi) is 5.93. The van der Waals surface area contributed by atoms with E-state index in [1.807, 2.05) is 6.07 Å². The van der Waals surface area contributed by atoms with Crippen molar-refractivity contribution >= 4 is 0 Å². The number of phenolic OH excluding ortho intramolecular Hbond substituents is 1. The van der Waals surface area contributed by atoms with Gasteiger partial charge in [-0.15, -0.1) is 0 Å². The Bertz CT molecular complexity index is 701. The van der Waals surface area contributed by atoms with E-state index in [9.17, 15) is 5.11 Å². The highest BCUT2D eigenvalue weighted by Gasteiger charge is 2.45. The third-order valence-electron chi connectivity index (χ3n) is 7.17. The summed E-state index contributed by atoms with van der Waals surface area (Å²) in [5.74, 6) is 3.18. The number of unbranched alkanes of at least 4 members (excludes halogenated alkanes) is 2. The SMILES string of the molecule is CCCCC[C@H](C)[C@@H](C)c1cc(O)c2c(c1)OC(C)(C)[C@@H]1CC=C(C)C[C@@H]21. The van der Waals surface area contributed by atoms with E-state index in [1.165, 1.54) is 36.8 Å². The summed E-state index contributed by atoms with van der Waals surface area (Å²) in [6.07, 6.45) is 9.52. The van der Waals surface area contributed by atoms with Crippen molar-refractivity contribution in [3.63, 3.8) is 0 Å². The average molecular weight is 371 g/mol. The maximum Gasteiger partial charge on any atom is 0.127 e. The summed E-state index contributed by atoms with van der Waals surface area (Å²) < 4.78 is 6.48. The molecule has 0 saturated heterocycles. The van der Waals surface area contributed by atoms with E-state index in [4.69, 9.17) is 4.74 Å². The molecule has 1 aliphatic carbocycles. The highest BCUT2D eigenvalue weighted by molar-refractivity contribution is 5.53. The van der Waals surface area contributed by atoms with Crippen LogP contribution in [0.2, 0.25) is 0 Å². The molecule has 0 fully saturated rings. The van der Waals surface area contributed by atoms with Crippen molar-refractivity contribution in [2.75, 3.05) is 0 Å². The summed E-state index contributed by atoms with van der Waals surface area (Å²) in [7, 11) is 0. The van der Waals surface area contributed by atoms with Crippen LogP contribution in [0.3, 0.4) is 0 Å². The first-order valence-corrected chi connectivity index (χ1v) is 11.0. The summed E-state index contributed by atoms with van der Waals surface area (Å²) in [4.78, 5) is 0. The quantitative estimate of drug-likeness (QED) is 0.420. The van der Waals surface area contributed by atoms with Gasteiger partial charge in [0.2, 0.25) is 0 Å². The molecule has 0 radical (unpaired) electrons. The Labute approximate surface area is 166 Å². The predicted molar refractivity (Wildman–Crippen MR) is 114 cm³/mol. The lowest BCUT2D eigenvalue weighted by atomic mass is 9.67. The third kappa shape index (κ3) is 4.05. The molecular formula is C25H38O2. The van der Waals surface area contributed by atoms with Gasteiger partial charge in [-0.3, -0.25) is 0 Å². The molecule has 0 saturated carbocycles. The van der Waals surface area contributed by atoms with Crippen molar-refractivity contribution in [3.05, 3.63) is 34.9 Å². The molecule has 3 rings (SSSR count). The van der Waals surface area contributed by atoms with Crippen LogP contribution in [0.1, 0.15) is 103 Å². The molecule has 0 unspecified atom stereocenters. The van der Waals surface area contributed by atoms with Gasteiger partial charge < -0.3 is 9.84 Å². The van der Waals surface area contributed by atoms with Gasteiger partial charge in [-0.1, -0.05) is 58.1 Å². The topological polar surface area (TPSA) is 29.5 Å². The fraction of sp³-hybridized carbons (Fsp3) is 0.680. The second-order valence-corrected chi connectivity index (χ2v) is 9.62. The molecule has 0 amide bonds. The lowest BCUT2D eigenvalue weighted by Gasteiger charge is -2.47. The zero-order chi connectivity index (χ0) is 19.8. The molecule has 1 heterocycles. The van der Waals surface area contributed by atoms with Crippen LogP contribution >= 0.6 is 0 Å². The van der Waals surface area contributed by atoms with Crippen molar-refractivity contribution < 1.29 is 9.84 Å². The first kappa shape index (κ1) is 20.3. The normalized spacial score (nSPS) is 25.6. The van der Waals surface area contributed by atoms with E-state index in [0.29, 0.717) is 29.4 Å². The van der Waals surface area contributed by atoms with Gasteiger partial charge in [-0.05, 0) is 63.1 Å². The van der Waals surface area contributed by atoms with Crippen LogP contribution in [0.15, 0.2) is 23.8 Å². The van der Waals surface area contributed by atoms with Crippen molar-refractivity contribution in [1.29, 1.82) is 0 Å². The Hall–Kier alpha value is -1.44. The van der Waals surface area contributed by atoms with Crippen molar-refractivity contribution in [2.24, 2.45) is 11.8 Å². The number of rotatable bonds is 6. The van der Waals surface area contributed by atoms with Gasteiger partial charge in [-0.2, -0.15) is 0 Å². The molecule has 4 atom stereocenters. The maximum atomic E-state index is 11.0. The number of hydrogen-bond donors (Lipinski definition) is 1. The summed E-state index contributed by atoms with van der Waals surface area (Å²) in [6.45, 7) is 13.5. The molecular weight excluding hydrogens is 332 g/mol. The van der Waals surface area contributed by atoms with Crippen molar-refractivity contribution in [2.45, 2.75) is 97.5 Å². The number of fused-ring (bicyclic) bond motifs is 3. The molecule has 0 spiro atoms. The first-order valence-electron chi connectivity index (χ1n) is 11.0. The fourth-order valence-electron chi connectivity index (χ4n) is 5.14. The minimum Gasteiger partial charge on any atom is -0.508 e. The van der Waals surface area contributed by atoms with E-state index >= 15 is 0 Å². The van der Waals surface area contributed by atoms with Gasteiger partial charge >= 0.3 is 0 Å². The number of benzene rings is 1. The number of ether oxygens (including phenoxy) is 1.